The third kappa shape index (κ3) is 1.79. The lowest BCUT2D eigenvalue weighted by atomic mass is 9.75. The summed E-state index contributed by atoms with van der Waals surface area (Å²) in [5.74, 6) is 3.05. The number of rotatable bonds is 3. The first-order valence-electron chi connectivity index (χ1n) is 5.82. The molecule has 0 spiro atoms. The summed E-state index contributed by atoms with van der Waals surface area (Å²) in [7, 11) is 0. The molecule has 2 rings (SSSR count). The molecule has 0 N–H and O–H groups in total. The summed E-state index contributed by atoms with van der Waals surface area (Å²) < 4.78 is 0. The van der Waals surface area contributed by atoms with Crippen LogP contribution in [0.4, 0.5) is 0 Å². The van der Waals surface area contributed by atoms with Crippen LogP contribution in [0.15, 0.2) is 0 Å². The second kappa shape index (κ2) is 3.81. The molecule has 2 aliphatic carbocycles. The van der Waals surface area contributed by atoms with Gasteiger partial charge in [0.15, 0.2) is 0 Å². The van der Waals surface area contributed by atoms with Gasteiger partial charge in [0, 0.05) is 5.92 Å². The lowest BCUT2D eigenvalue weighted by Crippen LogP contribution is -2.21. The average Bonchev–Trinajstić information content (AvgIpc) is 2.96. The molecule has 1 nitrogen and oxygen atoms in total. The van der Waals surface area contributed by atoms with Crippen LogP contribution in [0.3, 0.4) is 0 Å². The maximum Gasteiger partial charge on any atom is 0.123 e. The highest BCUT2D eigenvalue weighted by Gasteiger charge is 2.45. The van der Waals surface area contributed by atoms with Crippen LogP contribution < -0.4 is 0 Å². The zero-order valence-corrected chi connectivity index (χ0v) is 8.54. The van der Waals surface area contributed by atoms with E-state index in [0.29, 0.717) is 5.92 Å². The van der Waals surface area contributed by atoms with Crippen LogP contribution in [0.5, 0.6) is 0 Å². The van der Waals surface area contributed by atoms with Crippen molar-refractivity contribution in [2.24, 2.45) is 23.7 Å². The monoisotopic (exact) mass is 180 g/mol. The molecular weight excluding hydrogens is 160 g/mol. The van der Waals surface area contributed by atoms with Crippen LogP contribution in [-0.4, -0.2) is 6.29 Å². The molecule has 0 aromatic rings. The molecule has 0 aliphatic heterocycles. The van der Waals surface area contributed by atoms with Gasteiger partial charge in [-0.2, -0.15) is 0 Å². The van der Waals surface area contributed by atoms with E-state index in [9.17, 15) is 4.79 Å². The summed E-state index contributed by atoms with van der Waals surface area (Å²) in [4.78, 5) is 10.6. The van der Waals surface area contributed by atoms with E-state index in [2.05, 4.69) is 6.92 Å². The van der Waals surface area contributed by atoms with Gasteiger partial charge in [0.2, 0.25) is 0 Å². The fraction of sp³-hybridized carbons (Fsp3) is 0.917. The molecule has 0 aromatic carbocycles. The van der Waals surface area contributed by atoms with Crippen LogP contribution in [0, 0.1) is 23.7 Å². The fourth-order valence-electron chi connectivity index (χ4n) is 3.19. The Morgan fingerprint density at radius 3 is 2.62 bits per heavy atom. The van der Waals surface area contributed by atoms with E-state index in [-0.39, 0.29) is 0 Å². The number of carbonyl (C=O) groups excluding carboxylic acids is 1. The lowest BCUT2D eigenvalue weighted by Gasteiger charge is -2.31. The maximum atomic E-state index is 10.6. The van der Waals surface area contributed by atoms with Crippen molar-refractivity contribution in [1.82, 2.24) is 0 Å². The molecule has 2 fully saturated rings. The standard InChI is InChI=1S/C12H20O/c1-2-9-5-3-4-6-11(9)12-7-10(12)8-13/h8-12H,2-7H2,1H3/t9-,10-,11+,12-/m1/s1. The number of hydrogen-bond acceptors (Lipinski definition) is 1. The molecule has 13 heavy (non-hydrogen) atoms. The Balaban J connectivity index is 1.92. The van der Waals surface area contributed by atoms with Crippen LogP contribution in [0.2, 0.25) is 0 Å². The van der Waals surface area contributed by atoms with E-state index in [1.165, 1.54) is 44.8 Å². The van der Waals surface area contributed by atoms with Gasteiger partial charge in [-0.05, 0) is 30.6 Å². The maximum absolute atomic E-state index is 10.6. The van der Waals surface area contributed by atoms with Gasteiger partial charge < -0.3 is 4.79 Å². The minimum Gasteiger partial charge on any atom is -0.303 e. The third-order valence-electron chi connectivity index (χ3n) is 4.11. The molecule has 0 unspecified atom stereocenters. The zero-order chi connectivity index (χ0) is 9.26. The van der Waals surface area contributed by atoms with Gasteiger partial charge in [-0.25, -0.2) is 0 Å². The lowest BCUT2D eigenvalue weighted by molar-refractivity contribution is -0.109. The molecule has 2 saturated carbocycles. The largest absolute Gasteiger partial charge is 0.303 e. The molecule has 74 valence electrons. The van der Waals surface area contributed by atoms with Gasteiger partial charge in [0.1, 0.15) is 6.29 Å². The van der Waals surface area contributed by atoms with E-state index < -0.39 is 0 Å². The van der Waals surface area contributed by atoms with Gasteiger partial charge in [0.05, 0.1) is 0 Å². The summed E-state index contributed by atoms with van der Waals surface area (Å²) >= 11 is 0. The molecule has 0 amide bonds. The Kier molecular flexibility index (Phi) is 2.71. The predicted octanol–water partition coefficient (Wildman–Crippen LogP) is 3.04. The minimum atomic E-state index is 0.442. The topological polar surface area (TPSA) is 17.1 Å². The van der Waals surface area contributed by atoms with Crippen molar-refractivity contribution < 1.29 is 4.79 Å². The van der Waals surface area contributed by atoms with Crippen molar-refractivity contribution in [2.75, 3.05) is 0 Å². The smallest absolute Gasteiger partial charge is 0.123 e. The van der Waals surface area contributed by atoms with Crippen molar-refractivity contribution in [3.05, 3.63) is 0 Å². The Morgan fingerprint density at radius 1 is 1.23 bits per heavy atom. The second-order valence-corrected chi connectivity index (χ2v) is 4.82. The molecule has 1 heteroatoms. The highest BCUT2D eigenvalue weighted by molar-refractivity contribution is 5.58. The predicted molar refractivity (Wildman–Crippen MR) is 53.4 cm³/mol. The summed E-state index contributed by atoms with van der Waals surface area (Å²) in [5, 5.41) is 0. The Bertz CT molecular complexity index is 188. The molecule has 2 aliphatic rings. The van der Waals surface area contributed by atoms with E-state index in [1.807, 2.05) is 0 Å². The van der Waals surface area contributed by atoms with Gasteiger partial charge in [-0.3, -0.25) is 0 Å². The summed E-state index contributed by atoms with van der Waals surface area (Å²) in [6.07, 6.45) is 9.36. The Labute approximate surface area is 80.9 Å². The first-order chi connectivity index (χ1) is 6.36. The highest BCUT2D eigenvalue weighted by Crippen LogP contribution is 2.50. The first-order valence-corrected chi connectivity index (χ1v) is 5.82. The first kappa shape index (κ1) is 9.23. The molecule has 0 heterocycles. The van der Waals surface area contributed by atoms with E-state index in [1.54, 1.807) is 0 Å². The Morgan fingerprint density at radius 2 is 2.00 bits per heavy atom. The van der Waals surface area contributed by atoms with Gasteiger partial charge in [-0.1, -0.05) is 32.6 Å². The van der Waals surface area contributed by atoms with E-state index in [0.717, 1.165) is 17.8 Å². The second-order valence-electron chi connectivity index (χ2n) is 4.82. The summed E-state index contributed by atoms with van der Waals surface area (Å²) in [5.41, 5.74) is 0. The van der Waals surface area contributed by atoms with Crippen molar-refractivity contribution >= 4 is 6.29 Å². The quantitative estimate of drug-likeness (QED) is 0.610. The molecule has 4 atom stereocenters. The third-order valence-corrected chi connectivity index (χ3v) is 4.11. The summed E-state index contributed by atoms with van der Waals surface area (Å²) in [6.45, 7) is 2.31. The van der Waals surface area contributed by atoms with Gasteiger partial charge in [-0.15, -0.1) is 0 Å². The SMILES string of the molecule is CC[C@@H]1CCCC[C@@H]1[C@@H]1C[C@@H]1C=O. The molecular formula is C12H20O. The number of hydrogen-bond donors (Lipinski definition) is 0. The molecule has 0 bridgehead atoms. The normalized spacial score (nSPS) is 44.4. The number of aldehydes is 1. The van der Waals surface area contributed by atoms with Gasteiger partial charge in [0.25, 0.3) is 0 Å². The molecule has 0 saturated heterocycles. The van der Waals surface area contributed by atoms with Crippen LogP contribution in [0.1, 0.15) is 45.4 Å². The molecule has 0 radical (unpaired) electrons. The number of carbonyl (C=O) groups is 1. The molecule has 0 aromatic heterocycles. The van der Waals surface area contributed by atoms with Crippen molar-refractivity contribution in [3.63, 3.8) is 0 Å². The average molecular weight is 180 g/mol. The summed E-state index contributed by atoms with van der Waals surface area (Å²) in [6, 6.07) is 0. The fourth-order valence-corrected chi connectivity index (χ4v) is 3.19. The van der Waals surface area contributed by atoms with Crippen molar-refractivity contribution in [3.8, 4) is 0 Å². The van der Waals surface area contributed by atoms with Crippen LogP contribution in [-0.2, 0) is 4.79 Å². The van der Waals surface area contributed by atoms with Gasteiger partial charge >= 0.3 is 0 Å². The highest BCUT2D eigenvalue weighted by atomic mass is 16.1. The van der Waals surface area contributed by atoms with Crippen LogP contribution >= 0.6 is 0 Å². The Hall–Kier alpha value is -0.330. The van der Waals surface area contributed by atoms with Crippen molar-refractivity contribution in [2.45, 2.75) is 45.4 Å². The van der Waals surface area contributed by atoms with E-state index >= 15 is 0 Å². The van der Waals surface area contributed by atoms with Crippen molar-refractivity contribution in [1.29, 1.82) is 0 Å². The zero-order valence-electron chi connectivity index (χ0n) is 8.54. The van der Waals surface area contributed by atoms with Crippen LogP contribution in [0.25, 0.3) is 0 Å². The van der Waals surface area contributed by atoms with E-state index in [4.69, 9.17) is 0 Å². The minimum absolute atomic E-state index is 0.442.